The molecule has 0 atom stereocenters. The molecule has 0 unspecified atom stereocenters. The largest absolute Gasteiger partial charge is 0.379 e. The third-order valence-corrected chi connectivity index (χ3v) is 2.92. The summed E-state index contributed by atoms with van der Waals surface area (Å²) in [5.41, 5.74) is 2.89. The second kappa shape index (κ2) is 5.49. The smallest absolute Gasteiger partial charge is 0.162 e. The van der Waals surface area contributed by atoms with Gasteiger partial charge in [-0.2, -0.15) is 5.10 Å². The maximum atomic E-state index is 11.5. The van der Waals surface area contributed by atoms with Gasteiger partial charge in [-0.15, -0.1) is 0 Å². The second-order valence-corrected chi connectivity index (χ2v) is 4.15. The molecule has 0 aliphatic carbocycles. The van der Waals surface area contributed by atoms with Crippen LogP contribution in [0, 0.1) is 0 Å². The standard InChI is InChI=1S/C14H17N3O/c1-3-14(18)11-4-6-12(7-5-11)15-10-13-8-9-16-17(13)2/h4-9,15H,3,10H2,1-2H3. The quantitative estimate of drug-likeness (QED) is 0.821. The van der Waals surface area contributed by atoms with Crippen LogP contribution < -0.4 is 5.32 Å². The molecule has 18 heavy (non-hydrogen) atoms. The molecular weight excluding hydrogens is 226 g/mol. The van der Waals surface area contributed by atoms with Gasteiger partial charge in [0.05, 0.1) is 12.2 Å². The van der Waals surface area contributed by atoms with Crippen LogP contribution in [0.1, 0.15) is 29.4 Å². The number of ketones is 1. The summed E-state index contributed by atoms with van der Waals surface area (Å²) in [6, 6.07) is 9.55. The average Bonchev–Trinajstić information content (AvgIpc) is 2.81. The van der Waals surface area contributed by atoms with E-state index in [0.29, 0.717) is 6.42 Å². The van der Waals surface area contributed by atoms with Crippen molar-refractivity contribution in [3.8, 4) is 0 Å². The maximum absolute atomic E-state index is 11.5. The van der Waals surface area contributed by atoms with E-state index >= 15 is 0 Å². The number of hydrogen-bond acceptors (Lipinski definition) is 3. The van der Waals surface area contributed by atoms with E-state index in [0.717, 1.165) is 23.5 Å². The van der Waals surface area contributed by atoms with E-state index in [2.05, 4.69) is 10.4 Å². The molecular formula is C14H17N3O. The number of Topliss-reactive ketones (excluding diaryl/α,β-unsaturated/α-hetero) is 1. The summed E-state index contributed by atoms with van der Waals surface area (Å²) in [5, 5.41) is 7.41. The number of nitrogens with zero attached hydrogens (tertiary/aromatic N) is 2. The lowest BCUT2D eigenvalue weighted by Gasteiger charge is -2.07. The summed E-state index contributed by atoms with van der Waals surface area (Å²) in [6.45, 7) is 2.59. The van der Waals surface area contributed by atoms with Crippen LogP contribution in [0.5, 0.6) is 0 Å². The molecule has 0 aliphatic heterocycles. The van der Waals surface area contributed by atoms with Gasteiger partial charge in [0.1, 0.15) is 0 Å². The molecule has 0 amide bonds. The lowest BCUT2D eigenvalue weighted by molar-refractivity contribution is 0.0988. The van der Waals surface area contributed by atoms with Crippen molar-refractivity contribution in [2.24, 2.45) is 7.05 Å². The molecule has 0 spiro atoms. The Labute approximate surface area is 107 Å². The predicted molar refractivity (Wildman–Crippen MR) is 71.6 cm³/mol. The Balaban J connectivity index is 1.98. The zero-order valence-corrected chi connectivity index (χ0v) is 10.7. The first kappa shape index (κ1) is 12.4. The minimum absolute atomic E-state index is 0.174. The summed E-state index contributed by atoms with van der Waals surface area (Å²) >= 11 is 0. The molecule has 2 rings (SSSR count). The van der Waals surface area contributed by atoms with Gasteiger partial charge < -0.3 is 5.32 Å². The molecule has 0 saturated heterocycles. The molecule has 2 aromatic rings. The van der Waals surface area contributed by atoms with Gasteiger partial charge in [-0.05, 0) is 30.3 Å². The average molecular weight is 243 g/mol. The Bertz CT molecular complexity index is 528. The summed E-state index contributed by atoms with van der Waals surface area (Å²) in [7, 11) is 1.92. The van der Waals surface area contributed by atoms with Crippen LogP contribution in [0.2, 0.25) is 0 Å². The summed E-state index contributed by atoms with van der Waals surface area (Å²) in [5.74, 6) is 0.174. The van der Waals surface area contributed by atoms with Crippen molar-refractivity contribution in [3.63, 3.8) is 0 Å². The first-order chi connectivity index (χ1) is 8.70. The van der Waals surface area contributed by atoms with Gasteiger partial charge in [-0.25, -0.2) is 0 Å². The number of carbonyl (C=O) groups is 1. The van der Waals surface area contributed by atoms with Gasteiger partial charge >= 0.3 is 0 Å². The monoisotopic (exact) mass is 243 g/mol. The minimum atomic E-state index is 0.174. The normalized spacial score (nSPS) is 10.3. The molecule has 4 heteroatoms. The topological polar surface area (TPSA) is 46.9 Å². The Hall–Kier alpha value is -2.10. The van der Waals surface area contributed by atoms with Gasteiger partial charge in [0, 0.05) is 30.9 Å². The van der Waals surface area contributed by atoms with Crippen LogP contribution in [0.4, 0.5) is 5.69 Å². The van der Waals surface area contributed by atoms with Crippen LogP contribution in [-0.4, -0.2) is 15.6 Å². The van der Waals surface area contributed by atoms with Gasteiger partial charge in [0.15, 0.2) is 5.78 Å². The second-order valence-electron chi connectivity index (χ2n) is 4.15. The van der Waals surface area contributed by atoms with Crippen molar-refractivity contribution in [1.82, 2.24) is 9.78 Å². The number of aryl methyl sites for hydroxylation is 1. The highest BCUT2D eigenvalue weighted by molar-refractivity contribution is 5.96. The Morgan fingerprint density at radius 3 is 2.56 bits per heavy atom. The SMILES string of the molecule is CCC(=O)c1ccc(NCc2ccnn2C)cc1. The van der Waals surface area contributed by atoms with Crippen molar-refractivity contribution >= 4 is 11.5 Å². The molecule has 4 nitrogen and oxygen atoms in total. The van der Waals surface area contributed by atoms with Crippen molar-refractivity contribution in [1.29, 1.82) is 0 Å². The van der Waals surface area contributed by atoms with E-state index in [4.69, 9.17) is 0 Å². The highest BCUT2D eigenvalue weighted by Gasteiger charge is 2.02. The van der Waals surface area contributed by atoms with Gasteiger partial charge in [0.2, 0.25) is 0 Å². The molecule has 1 aromatic heterocycles. The summed E-state index contributed by atoms with van der Waals surface area (Å²) in [6.07, 6.45) is 2.32. The number of anilines is 1. The van der Waals surface area contributed by atoms with E-state index < -0.39 is 0 Å². The molecule has 1 heterocycles. The van der Waals surface area contributed by atoms with E-state index in [9.17, 15) is 4.79 Å². The van der Waals surface area contributed by atoms with Crippen molar-refractivity contribution in [3.05, 3.63) is 47.8 Å². The number of carbonyl (C=O) groups excluding carboxylic acids is 1. The third kappa shape index (κ3) is 2.77. The number of hydrogen-bond donors (Lipinski definition) is 1. The Kier molecular flexibility index (Phi) is 3.77. The molecule has 0 bridgehead atoms. The van der Waals surface area contributed by atoms with E-state index in [-0.39, 0.29) is 5.78 Å². The summed E-state index contributed by atoms with van der Waals surface area (Å²) < 4.78 is 1.84. The molecule has 94 valence electrons. The first-order valence-electron chi connectivity index (χ1n) is 6.04. The number of rotatable bonds is 5. The first-order valence-corrected chi connectivity index (χ1v) is 6.04. The predicted octanol–water partition coefficient (Wildman–Crippen LogP) is 2.62. The molecule has 1 N–H and O–H groups in total. The molecule has 0 aliphatic rings. The Morgan fingerprint density at radius 2 is 2.00 bits per heavy atom. The molecule has 1 aromatic carbocycles. The number of aromatic nitrogens is 2. The van der Waals surface area contributed by atoms with Crippen LogP contribution in [0.3, 0.4) is 0 Å². The van der Waals surface area contributed by atoms with Crippen molar-refractivity contribution in [2.45, 2.75) is 19.9 Å². The summed E-state index contributed by atoms with van der Waals surface area (Å²) in [4.78, 5) is 11.5. The van der Waals surface area contributed by atoms with Crippen molar-refractivity contribution < 1.29 is 4.79 Å². The fourth-order valence-electron chi connectivity index (χ4n) is 1.75. The maximum Gasteiger partial charge on any atom is 0.162 e. The number of benzene rings is 1. The lowest BCUT2D eigenvalue weighted by Crippen LogP contribution is -2.05. The zero-order valence-electron chi connectivity index (χ0n) is 10.7. The van der Waals surface area contributed by atoms with Gasteiger partial charge in [-0.1, -0.05) is 6.92 Å². The van der Waals surface area contributed by atoms with Gasteiger partial charge in [-0.3, -0.25) is 9.48 Å². The lowest BCUT2D eigenvalue weighted by atomic mass is 10.1. The minimum Gasteiger partial charge on any atom is -0.379 e. The molecule has 0 fully saturated rings. The van der Waals surface area contributed by atoms with E-state index in [1.165, 1.54) is 0 Å². The third-order valence-electron chi connectivity index (χ3n) is 2.92. The fraction of sp³-hybridized carbons (Fsp3) is 0.286. The van der Waals surface area contributed by atoms with Crippen LogP contribution in [0.25, 0.3) is 0 Å². The van der Waals surface area contributed by atoms with Crippen LogP contribution >= 0.6 is 0 Å². The fourth-order valence-corrected chi connectivity index (χ4v) is 1.75. The van der Waals surface area contributed by atoms with Crippen LogP contribution in [0.15, 0.2) is 36.5 Å². The van der Waals surface area contributed by atoms with E-state index in [1.54, 1.807) is 6.20 Å². The molecule has 0 saturated carbocycles. The highest BCUT2D eigenvalue weighted by Crippen LogP contribution is 2.12. The Morgan fingerprint density at radius 1 is 1.28 bits per heavy atom. The highest BCUT2D eigenvalue weighted by atomic mass is 16.1. The van der Waals surface area contributed by atoms with Crippen LogP contribution in [-0.2, 0) is 13.6 Å². The van der Waals surface area contributed by atoms with Crippen molar-refractivity contribution in [2.75, 3.05) is 5.32 Å². The number of nitrogens with one attached hydrogen (secondary N) is 1. The molecule has 0 radical (unpaired) electrons. The zero-order chi connectivity index (χ0) is 13.0. The van der Waals surface area contributed by atoms with Gasteiger partial charge in [0.25, 0.3) is 0 Å². The van der Waals surface area contributed by atoms with E-state index in [1.807, 2.05) is 49.0 Å².